The molecular formula is C25H18ClFN4OS. The predicted molar refractivity (Wildman–Crippen MR) is 128 cm³/mol. The Morgan fingerprint density at radius 1 is 1.00 bits per heavy atom. The summed E-state index contributed by atoms with van der Waals surface area (Å²) in [5.74, 6) is 1.13. The van der Waals surface area contributed by atoms with Crippen LogP contribution in [0.15, 0.2) is 83.5 Å². The Labute approximate surface area is 199 Å². The highest BCUT2D eigenvalue weighted by Crippen LogP contribution is 2.50. The van der Waals surface area contributed by atoms with Crippen molar-refractivity contribution in [3.8, 4) is 5.75 Å². The van der Waals surface area contributed by atoms with E-state index >= 15 is 0 Å². The number of halogens is 2. The van der Waals surface area contributed by atoms with E-state index in [-0.39, 0.29) is 11.9 Å². The van der Waals surface area contributed by atoms with Gasteiger partial charge in [0.15, 0.2) is 0 Å². The molecule has 2 aliphatic rings. The number of ether oxygens (including phenoxy) is 1. The van der Waals surface area contributed by atoms with E-state index in [0.717, 1.165) is 33.7 Å². The molecular weight excluding hydrogens is 459 g/mol. The molecule has 0 unspecified atom stereocenters. The topological polar surface area (TPSA) is 52.0 Å². The Bertz CT molecular complexity index is 1380. The van der Waals surface area contributed by atoms with Gasteiger partial charge >= 0.3 is 0 Å². The molecule has 0 saturated heterocycles. The second-order valence-electron chi connectivity index (χ2n) is 7.82. The lowest BCUT2D eigenvalue weighted by molar-refractivity contribution is 0.223. The summed E-state index contributed by atoms with van der Waals surface area (Å²) < 4.78 is 22.2. The fourth-order valence-corrected chi connectivity index (χ4v) is 4.90. The Morgan fingerprint density at radius 3 is 2.48 bits per heavy atom. The first-order valence-corrected chi connectivity index (χ1v) is 12.0. The highest BCUT2D eigenvalue weighted by molar-refractivity contribution is 7.98. The van der Waals surface area contributed by atoms with Crippen LogP contribution in [-0.4, -0.2) is 21.0 Å². The van der Waals surface area contributed by atoms with Crippen molar-refractivity contribution < 1.29 is 9.13 Å². The van der Waals surface area contributed by atoms with Crippen LogP contribution in [0.4, 0.5) is 10.3 Å². The molecule has 0 fully saturated rings. The number of hydrogen-bond donors (Lipinski definition) is 1. The summed E-state index contributed by atoms with van der Waals surface area (Å²) in [7, 11) is 0. The van der Waals surface area contributed by atoms with E-state index < -0.39 is 6.10 Å². The van der Waals surface area contributed by atoms with Crippen LogP contribution < -0.4 is 10.1 Å². The average molecular weight is 477 g/mol. The van der Waals surface area contributed by atoms with Gasteiger partial charge in [-0.15, -0.1) is 5.10 Å². The molecule has 0 bridgehead atoms. The summed E-state index contributed by atoms with van der Waals surface area (Å²) >= 11 is 7.64. The quantitative estimate of drug-likeness (QED) is 0.349. The van der Waals surface area contributed by atoms with Gasteiger partial charge in [0.1, 0.15) is 23.7 Å². The number of rotatable bonds is 3. The molecule has 3 heterocycles. The summed E-state index contributed by atoms with van der Waals surface area (Å²) in [5.41, 5.74) is 4.71. The number of aromatic nitrogens is 3. The lowest BCUT2D eigenvalue weighted by atomic mass is 9.84. The number of nitrogens with zero attached hydrogens (tertiary/aromatic N) is 3. The number of anilines is 1. The minimum Gasteiger partial charge on any atom is -0.480 e. The van der Waals surface area contributed by atoms with Gasteiger partial charge in [-0.2, -0.15) is 4.98 Å². The molecule has 6 rings (SSSR count). The molecule has 5 nitrogen and oxygen atoms in total. The number of hydrogen-bond acceptors (Lipinski definition) is 5. The summed E-state index contributed by atoms with van der Waals surface area (Å²) in [4.78, 5) is 4.67. The van der Waals surface area contributed by atoms with Crippen LogP contribution in [-0.2, 0) is 0 Å². The van der Waals surface area contributed by atoms with Gasteiger partial charge in [0.25, 0.3) is 0 Å². The third-order valence-corrected chi connectivity index (χ3v) is 6.69. The fraction of sp³-hybridized carbons (Fsp3) is 0.120. The van der Waals surface area contributed by atoms with E-state index in [0.29, 0.717) is 16.1 Å². The number of para-hydroxylation sites is 1. The first-order valence-electron chi connectivity index (χ1n) is 10.4. The third kappa shape index (κ3) is 3.39. The summed E-state index contributed by atoms with van der Waals surface area (Å²) in [6, 6.07) is 21.8. The Morgan fingerprint density at radius 2 is 1.73 bits per heavy atom. The van der Waals surface area contributed by atoms with Gasteiger partial charge in [0.05, 0.1) is 5.70 Å². The van der Waals surface area contributed by atoms with E-state index in [9.17, 15) is 4.39 Å². The summed E-state index contributed by atoms with van der Waals surface area (Å²) in [6.45, 7) is 0. The van der Waals surface area contributed by atoms with E-state index in [4.69, 9.17) is 21.4 Å². The summed E-state index contributed by atoms with van der Waals surface area (Å²) in [6.07, 6.45) is 1.54. The number of benzene rings is 3. The van der Waals surface area contributed by atoms with Gasteiger partial charge in [0, 0.05) is 16.2 Å². The van der Waals surface area contributed by atoms with Crippen molar-refractivity contribution in [2.75, 3.05) is 11.6 Å². The molecule has 8 heteroatoms. The number of thioether (sulfide) groups is 1. The minimum atomic E-state index is -0.398. The first kappa shape index (κ1) is 20.3. The highest BCUT2D eigenvalue weighted by Gasteiger charge is 2.41. The van der Waals surface area contributed by atoms with Crippen molar-refractivity contribution in [1.29, 1.82) is 0 Å². The van der Waals surface area contributed by atoms with E-state index in [1.165, 1.54) is 23.9 Å². The molecule has 33 heavy (non-hydrogen) atoms. The molecule has 2 aliphatic heterocycles. The molecule has 0 radical (unpaired) electrons. The normalized spacial score (nSPS) is 18.6. The van der Waals surface area contributed by atoms with E-state index in [1.54, 1.807) is 12.1 Å². The largest absolute Gasteiger partial charge is 0.480 e. The van der Waals surface area contributed by atoms with Crippen LogP contribution >= 0.6 is 23.4 Å². The zero-order chi connectivity index (χ0) is 22.5. The van der Waals surface area contributed by atoms with Crippen LogP contribution in [0.3, 0.4) is 0 Å². The zero-order valence-corrected chi connectivity index (χ0v) is 19.1. The number of fused-ring (bicyclic) bond motifs is 3. The first-order chi connectivity index (χ1) is 16.1. The molecule has 1 N–H and O–H groups in total. The lowest BCUT2D eigenvalue weighted by Gasteiger charge is -2.38. The Balaban J connectivity index is 1.62. The molecule has 0 spiro atoms. The maximum absolute atomic E-state index is 13.8. The molecule has 164 valence electrons. The number of nitrogens with one attached hydrogen (secondary N) is 1. The van der Waals surface area contributed by atoms with Crippen molar-refractivity contribution in [3.05, 3.63) is 106 Å². The van der Waals surface area contributed by atoms with Crippen LogP contribution in [0.1, 0.15) is 28.8 Å². The molecule has 3 aromatic carbocycles. The standard InChI is InChI=1S/C25H18ClFN4OS/c1-33-25-29-24-28-21-18-4-2-3-5-19(18)32-23(15-6-10-16(26)11-7-15)20(21)22(31(24)30-25)14-8-12-17(27)13-9-14/h2-13,22-23H,1H3,(H,28,29,30)/t22-,23+/m0/s1. The predicted octanol–water partition coefficient (Wildman–Crippen LogP) is 6.35. The van der Waals surface area contributed by atoms with Gasteiger partial charge in [-0.25, -0.2) is 9.07 Å². The second-order valence-corrected chi connectivity index (χ2v) is 9.03. The van der Waals surface area contributed by atoms with Crippen LogP contribution in [0.2, 0.25) is 5.02 Å². The fourth-order valence-electron chi connectivity index (χ4n) is 4.42. The maximum Gasteiger partial charge on any atom is 0.227 e. The van der Waals surface area contributed by atoms with Crippen LogP contribution in [0, 0.1) is 5.82 Å². The van der Waals surface area contributed by atoms with Crippen molar-refractivity contribution in [3.63, 3.8) is 0 Å². The molecule has 4 aromatic rings. The monoisotopic (exact) mass is 476 g/mol. The molecule has 2 atom stereocenters. The molecule has 0 aliphatic carbocycles. The van der Waals surface area contributed by atoms with Crippen LogP contribution in [0.5, 0.6) is 5.75 Å². The zero-order valence-electron chi connectivity index (χ0n) is 17.5. The average Bonchev–Trinajstić information content (AvgIpc) is 3.26. The van der Waals surface area contributed by atoms with Crippen molar-refractivity contribution in [1.82, 2.24) is 14.8 Å². The SMILES string of the molecule is CSc1nc2n(n1)[C@@H](c1ccc(F)cc1)C1=C(N2)c2ccccc2O[C@@H]1c1ccc(Cl)cc1. The second kappa shape index (κ2) is 7.93. The van der Waals surface area contributed by atoms with Crippen molar-refractivity contribution >= 4 is 35.0 Å². The van der Waals surface area contributed by atoms with Gasteiger partial charge in [-0.1, -0.05) is 59.8 Å². The van der Waals surface area contributed by atoms with Gasteiger partial charge in [0.2, 0.25) is 11.1 Å². The molecule has 0 amide bonds. The lowest BCUT2D eigenvalue weighted by Crippen LogP contribution is -2.32. The summed E-state index contributed by atoms with van der Waals surface area (Å²) in [5, 5.41) is 9.56. The smallest absolute Gasteiger partial charge is 0.227 e. The van der Waals surface area contributed by atoms with Gasteiger partial charge < -0.3 is 10.1 Å². The third-order valence-electron chi connectivity index (χ3n) is 5.90. The Kier molecular flexibility index (Phi) is 4.89. The van der Waals surface area contributed by atoms with Gasteiger partial charge in [-0.05, 0) is 53.8 Å². The van der Waals surface area contributed by atoms with E-state index in [1.807, 2.05) is 59.5 Å². The van der Waals surface area contributed by atoms with E-state index in [2.05, 4.69) is 10.3 Å². The highest BCUT2D eigenvalue weighted by atomic mass is 35.5. The maximum atomic E-state index is 13.8. The van der Waals surface area contributed by atoms with Gasteiger partial charge in [-0.3, -0.25) is 0 Å². The van der Waals surface area contributed by atoms with Crippen molar-refractivity contribution in [2.45, 2.75) is 17.3 Å². The van der Waals surface area contributed by atoms with Crippen LogP contribution in [0.25, 0.3) is 5.70 Å². The van der Waals surface area contributed by atoms with Crippen molar-refractivity contribution in [2.24, 2.45) is 0 Å². The Hall–Kier alpha value is -3.29. The molecule has 0 saturated carbocycles. The minimum absolute atomic E-state index is 0.287. The molecule has 1 aromatic heterocycles.